The zero-order valence-electron chi connectivity index (χ0n) is 13.4. The molecule has 3 aliphatic carbocycles. The molecule has 0 spiro atoms. The highest BCUT2D eigenvalue weighted by Crippen LogP contribution is 2.66. The Kier molecular flexibility index (Phi) is 2.37. The van der Waals surface area contributed by atoms with Crippen molar-refractivity contribution in [2.24, 2.45) is 23.7 Å². The maximum absolute atomic E-state index is 2.93. The van der Waals surface area contributed by atoms with Gasteiger partial charge in [0.05, 0.1) is 6.04 Å². The SMILES string of the molecule is C[C@@H]1C2CCC1C1C2C(c2ccccc2)N2C3CCC(C3)N12. The molecule has 5 fully saturated rings. The van der Waals surface area contributed by atoms with Crippen LogP contribution >= 0.6 is 0 Å². The van der Waals surface area contributed by atoms with Crippen LogP contribution in [0.4, 0.5) is 0 Å². The molecule has 7 unspecified atom stereocenters. The first-order valence-electron chi connectivity index (χ1n) is 9.46. The third-order valence-electron chi connectivity index (χ3n) is 8.00. The standard InChI is InChI=1S/C20H26N2/c1-12-16-9-10-17(12)20-18(16)19(13-5-3-2-4-6-13)21-14-7-8-15(11-14)22(20)21/h2-6,12,14-20H,7-11H2,1H3/t12-,14?,15?,16?,17?,18?,19?,20?/m1/s1. The van der Waals surface area contributed by atoms with Crippen LogP contribution in [0.2, 0.25) is 0 Å². The minimum absolute atomic E-state index is 0.680. The summed E-state index contributed by atoms with van der Waals surface area (Å²) < 4.78 is 0. The van der Waals surface area contributed by atoms with Crippen molar-refractivity contribution in [1.29, 1.82) is 0 Å². The molecule has 2 saturated heterocycles. The summed E-state index contributed by atoms with van der Waals surface area (Å²) in [4.78, 5) is 0. The van der Waals surface area contributed by atoms with Crippen molar-refractivity contribution in [3.8, 4) is 0 Å². The number of rotatable bonds is 1. The van der Waals surface area contributed by atoms with Crippen molar-refractivity contribution in [2.75, 3.05) is 0 Å². The Bertz CT molecular complexity index is 599. The first-order valence-corrected chi connectivity index (χ1v) is 9.46. The van der Waals surface area contributed by atoms with Crippen LogP contribution in [0.5, 0.6) is 0 Å². The highest BCUT2D eigenvalue weighted by atomic mass is 15.7. The number of fused-ring (bicyclic) bond motifs is 11. The van der Waals surface area contributed by atoms with Gasteiger partial charge in [-0.15, -0.1) is 0 Å². The Balaban J connectivity index is 1.50. The van der Waals surface area contributed by atoms with E-state index in [-0.39, 0.29) is 0 Å². The van der Waals surface area contributed by atoms with Crippen molar-refractivity contribution in [3.63, 3.8) is 0 Å². The summed E-state index contributed by atoms with van der Waals surface area (Å²) in [5.74, 6) is 3.82. The van der Waals surface area contributed by atoms with E-state index in [0.29, 0.717) is 6.04 Å². The second kappa shape index (κ2) is 4.15. The summed E-state index contributed by atoms with van der Waals surface area (Å²) in [5.41, 5.74) is 1.59. The molecule has 2 nitrogen and oxygen atoms in total. The van der Waals surface area contributed by atoms with Crippen molar-refractivity contribution in [1.82, 2.24) is 10.0 Å². The van der Waals surface area contributed by atoms with Gasteiger partial charge in [0, 0.05) is 24.0 Å². The van der Waals surface area contributed by atoms with E-state index in [9.17, 15) is 0 Å². The van der Waals surface area contributed by atoms with Crippen LogP contribution in [0.3, 0.4) is 0 Å². The Morgan fingerprint density at radius 3 is 2.41 bits per heavy atom. The largest absolute Gasteiger partial charge is 0.234 e. The molecular formula is C20H26N2. The monoisotopic (exact) mass is 294 g/mol. The molecule has 1 aromatic rings. The molecule has 2 heterocycles. The lowest BCUT2D eigenvalue weighted by Gasteiger charge is -2.40. The Morgan fingerprint density at radius 2 is 1.59 bits per heavy atom. The fraction of sp³-hybridized carbons (Fsp3) is 0.700. The fourth-order valence-electron chi connectivity index (χ4n) is 7.35. The van der Waals surface area contributed by atoms with Gasteiger partial charge >= 0.3 is 0 Å². The van der Waals surface area contributed by atoms with E-state index in [1.54, 1.807) is 5.56 Å². The van der Waals surface area contributed by atoms with E-state index in [0.717, 1.165) is 41.8 Å². The summed E-state index contributed by atoms with van der Waals surface area (Å²) in [7, 11) is 0. The topological polar surface area (TPSA) is 6.48 Å². The van der Waals surface area contributed by atoms with Gasteiger partial charge in [0.1, 0.15) is 0 Å². The maximum atomic E-state index is 2.93. The van der Waals surface area contributed by atoms with Crippen molar-refractivity contribution in [2.45, 2.75) is 63.2 Å². The van der Waals surface area contributed by atoms with Gasteiger partial charge in [-0.05, 0) is 55.4 Å². The predicted octanol–water partition coefficient (Wildman–Crippen LogP) is 3.86. The lowest BCUT2D eigenvalue weighted by molar-refractivity contribution is -0.0692. The van der Waals surface area contributed by atoms with Crippen LogP contribution in [-0.4, -0.2) is 28.1 Å². The molecule has 0 aromatic heterocycles. The minimum atomic E-state index is 0.680. The van der Waals surface area contributed by atoms with Crippen LogP contribution in [0.1, 0.15) is 50.6 Å². The molecule has 2 heteroatoms. The Hall–Kier alpha value is -0.860. The van der Waals surface area contributed by atoms with E-state index in [1.807, 2.05) is 0 Å². The number of hydrogen-bond donors (Lipinski definition) is 0. The zero-order valence-corrected chi connectivity index (χ0v) is 13.4. The lowest BCUT2D eigenvalue weighted by Crippen LogP contribution is -2.48. The highest BCUT2D eigenvalue weighted by Gasteiger charge is 2.67. The van der Waals surface area contributed by atoms with E-state index < -0.39 is 0 Å². The average Bonchev–Trinajstić information content (AvgIpc) is 3.31. The molecule has 5 aliphatic rings. The van der Waals surface area contributed by atoms with Crippen LogP contribution in [0, 0.1) is 23.7 Å². The van der Waals surface area contributed by atoms with E-state index >= 15 is 0 Å². The summed E-state index contributed by atoms with van der Waals surface area (Å²) in [6.07, 6.45) is 7.33. The number of hydrazine groups is 1. The molecule has 116 valence electrons. The quantitative estimate of drug-likeness (QED) is 0.776. The van der Waals surface area contributed by atoms with E-state index in [1.165, 1.54) is 32.1 Å². The van der Waals surface area contributed by atoms with Crippen LogP contribution < -0.4 is 0 Å². The summed E-state index contributed by atoms with van der Waals surface area (Å²) in [6.45, 7) is 2.56. The lowest BCUT2D eigenvalue weighted by atomic mass is 9.78. The summed E-state index contributed by atoms with van der Waals surface area (Å²) in [5, 5.41) is 5.81. The van der Waals surface area contributed by atoms with Gasteiger partial charge in [-0.3, -0.25) is 0 Å². The molecule has 0 N–H and O–H groups in total. The van der Waals surface area contributed by atoms with Gasteiger partial charge in [0.15, 0.2) is 0 Å². The van der Waals surface area contributed by atoms with Gasteiger partial charge in [-0.25, -0.2) is 10.0 Å². The maximum Gasteiger partial charge on any atom is 0.0545 e. The summed E-state index contributed by atoms with van der Waals surface area (Å²) in [6, 6.07) is 14.7. The zero-order chi connectivity index (χ0) is 14.4. The second-order valence-electron chi connectivity index (χ2n) is 8.57. The molecule has 22 heavy (non-hydrogen) atoms. The number of hydrogen-bond acceptors (Lipinski definition) is 2. The smallest absolute Gasteiger partial charge is 0.0545 e. The van der Waals surface area contributed by atoms with E-state index in [4.69, 9.17) is 0 Å². The summed E-state index contributed by atoms with van der Waals surface area (Å²) >= 11 is 0. The molecule has 0 radical (unpaired) electrons. The second-order valence-corrected chi connectivity index (χ2v) is 8.57. The molecule has 2 aliphatic heterocycles. The van der Waals surface area contributed by atoms with Gasteiger partial charge in [-0.2, -0.15) is 0 Å². The first-order chi connectivity index (χ1) is 10.8. The molecule has 8 atom stereocenters. The molecular weight excluding hydrogens is 268 g/mol. The van der Waals surface area contributed by atoms with Gasteiger partial charge < -0.3 is 0 Å². The third-order valence-corrected chi connectivity index (χ3v) is 8.00. The van der Waals surface area contributed by atoms with Crippen molar-refractivity contribution < 1.29 is 0 Å². The molecule has 3 saturated carbocycles. The van der Waals surface area contributed by atoms with Crippen LogP contribution in [-0.2, 0) is 0 Å². The Morgan fingerprint density at radius 1 is 0.864 bits per heavy atom. The molecule has 4 bridgehead atoms. The number of nitrogens with zero attached hydrogens (tertiary/aromatic N) is 2. The van der Waals surface area contributed by atoms with Crippen molar-refractivity contribution in [3.05, 3.63) is 35.9 Å². The average molecular weight is 294 g/mol. The van der Waals surface area contributed by atoms with Crippen LogP contribution in [0.15, 0.2) is 30.3 Å². The Labute approximate surface area is 133 Å². The molecule has 1 aromatic carbocycles. The van der Waals surface area contributed by atoms with Gasteiger partial charge in [-0.1, -0.05) is 37.3 Å². The minimum Gasteiger partial charge on any atom is -0.234 e. The van der Waals surface area contributed by atoms with Crippen molar-refractivity contribution >= 4 is 0 Å². The van der Waals surface area contributed by atoms with Gasteiger partial charge in [0.25, 0.3) is 0 Å². The first kappa shape index (κ1) is 12.5. The van der Waals surface area contributed by atoms with Crippen LogP contribution in [0.25, 0.3) is 0 Å². The molecule has 6 rings (SSSR count). The normalized spacial score (nSPS) is 52.4. The highest BCUT2D eigenvalue weighted by molar-refractivity contribution is 5.27. The fourth-order valence-corrected chi connectivity index (χ4v) is 7.35. The van der Waals surface area contributed by atoms with E-state index in [2.05, 4.69) is 47.3 Å². The molecule has 0 amide bonds. The number of benzene rings is 1. The third kappa shape index (κ3) is 1.32. The van der Waals surface area contributed by atoms with Gasteiger partial charge in [0.2, 0.25) is 0 Å². The predicted molar refractivity (Wildman–Crippen MR) is 86.9 cm³/mol.